The lowest BCUT2D eigenvalue weighted by atomic mass is 10.1. The summed E-state index contributed by atoms with van der Waals surface area (Å²) in [5, 5.41) is 6.10. The van der Waals surface area contributed by atoms with E-state index in [1.165, 1.54) is 18.0 Å². The van der Waals surface area contributed by atoms with Gasteiger partial charge in [-0.05, 0) is 17.5 Å². The molecule has 5 nitrogen and oxygen atoms in total. The molecule has 1 heterocycles. The van der Waals surface area contributed by atoms with Crippen LogP contribution in [0.2, 0.25) is 0 Å². The molecule has 1 aromatic heterocycles. The van der Waals surface area contributed by atoms with Crippen molar-refractivity contribution in [1.82, 2.24) is 14.9 Å². The summed E-state index contributed by atoms with van der Waals surface area (Å²) in [5.74, 6) is 0. The van der Waals surface area contributed by atoms with Gasteiger partial charge in [0, 0.05) is 12.7 Å². The summed E-state index contributed by atoms with van der Waals surface area (Å²) in [7, 11) is -3.47. The van der Waals surface area contributed by atoms with Gasteiger partial charge in [-0.2, -0.15) is 5.10 Å². The van der Waals surface area contributed by atoms with Gasteiger partial charge in [0.2, 0.25) is 10.0 Å². The van der Waals surface area contributed by atoms with Crippen molar-refractivity contribution >= 4 is 10.0 Å². The van der Waals surface area contributed by atoms with E-state index in [0.29, 0.717) is 0 Å². The van der Waals surface area contributed by atoms with Crippen molar-refractivity contribution in [2.24, 2.45) is 0 Å². The number of aromatic amines is 1. The number of hydrogen-bond acceptors (Lipinski definition) is 3. The van der Waals surface area contributed by atoms with Crippen LogP contribution in [0, 0.1) is 0 Å². The standard InChI is InChI=1S/C12H15N3O2S/c1-2-10-3-5-11(6-4-10)7-15-18(16,17)12-8-13-14-9-12/h3-6,8-9,15H,2,7H2,1H3,(H,13,14). The molecule has 96 valence electrons. The molecule has 1 aromatic carbocycles. The Bertz CT molecular complexity index is 589. The first kappa shape index (κ1) is 12.8. The Balaban J connectivity index is 2.03. The van der Waals surface area contributed by atoms with E-state index < -0.39 is 10.0 Å². The van der Waals surface area contributed by atoms with Crippen LogP contribution in [-0.4, -0.2) is 18.6 Å². The summed E-state index contributed by atoms with van der Waals surface area (Å²) in [5.41, 5.74) is 2.16. The number of nitrogens with zero attached hydrogens (tertiary/aromatic N) is 1. The topological polar surface area (TPSA) is 74.8 Å². The highest BCUT2D eigenvalue weighted by molar-refractivity contribution is 7.89. The molecule has 0 aliphatic rings. The van der Waals surface area contributed by atoms with E-state index in [-0.39, 0.29) is 11.4 Å². The van der Waals surface area contributed by atoms with E-state index in [0.717, 1.165) is 12.0 Å². The number of benzene rings is 1. The Kier molecular flexibility index (Phi) is 3.78. The lowest BCUT2D eigenvalue weighted by Crippen LogP contribution is -2.22. The van der Waals surface area contributed by atoms with Crippen molar-refractivity contribution in [3.8, 4) is 0 Å². The number of rotatable bonds is 5. The highest BCUT2D eigenvalue weighted by Gasteiger charge is 2.14. The van der Waals surface area contributed by atoms with Gasteiger partial charge in [0.15, 0.2) is 0 Å². The quantitative estimate of drug-likeness (QED) is 0.859. The third-order valence-corrected chi connectivity index (χ3v) is 4.05. The van der Waals surface area contributed by atoms with E-state index in [1.807, 2.05) is 24.3 Å². The highest BCUT2D eigenvalue weighted by Crippen LogP contribution is 2.08. The largest absolute Gasteiger partial charge is 0.284 e. The number of hydrogen-bond donors (Lipinski definition) is 2. The number of aryl methyl sites for hydroxylation is 1. The number of H-pyrrole nitrogens is 1. The molecule has 0 amide bonds. The van der Waals surface area contributed by atoms with Crippen molar-refractivity contribution in [3.63, 3.8) is 0 Å². The smallest absolute Gasteiger partial charge is 0.243 e. The molecule has 0 radical (unpaired) electrons. The van der Waals surface area contributed by atoms with Gasteiger partial charge in [-0.15, -0.1) is 0 Å². The predicted octanol–water partition coefficient (Wildman–Crippen LogP) is 1.45. The normalized spacial score (nSPS) is 11.6. The summed E-state index contributed by atoms with van der Waals surface area (Å²) in [6.07, 6.45) is 3.60. The molecule has 2 N–H and O–H groups in total. The van der Waals surface area contributed by atoms with Crippen LogP contribution >= 0.6 is 0 Å². The molecule has 0 saturated carbocycles. The SMILES string of the molecule is CCc1ccc(CNS(=O)(=O)c2cn[nH]c2)cc1. The van der Waals surface area contributed by atoms with E-state index in [9.17, 15) is 8.42 Å². The van der Waals surface area contributed by atoms with Gasteiger partial charge in [0.1, 0.15) is 4.90 Å². The van der Waals surface area contributed by atoms with E-state index >= 15 is 0 Å². The highest BCUT2D eigenvalue weighted by atomic mass is 32.2. The molecule has 0 aliphatic carbocycles. The Morgan fingerprint density at radius 2 is 1.89 bits per heavy atom. The van der Waals surface area contributed by atoms with E-state index in [2.05, 4.69) is 21.8 Å². The van der Waals surface area contributed by atoms with Gasteiger partial charge in [-0.25, -0.2) is 13.1 Å². The van der Waals surface area contributed by atoms with Gasteiger partial charge >= 0.3 is 0 Å². The molecule has 0 aliphatic heterocycles. The average molecular weight is 265 g/mol. The molecular weight excluding hydrogens is 250 g/mol. The van der Waals surface area contributed by atoms with E-state index in [1.54, 1.807) is 0 Å². The fourth-order valence-electron chi connectivity index (χ4n) is 1.54. The van der Waals surface area contributed by atoms with Gasteiger partial charge in [-0.3, -0.25) is 5.10 Å². The van der Waals surface area contributed by atoms with Crippen LogP contribution in [-0.2, 0) is 23.0 Å². The maximum Gasteiger partial charge on any atom is 0.243 e. The first-order valence-corrected chi connectivity index (χ1v) is 7.16. The van der Waals surface area contributed by atoms with Crippen molar-refractivity contribution in [1.29, 1.82) is 0 Å². The van der Waals surface area contributed by atoms with Crippen LogP contribution in [0.3, 0.4) is 0 Å². The van der Waals surface area contributed by atoms with Crippen molar-refractivity contribution in [3.05, 3.63) is 47.8 Å². The molecule has 0 spiro atoms. The zero-order valence-corrected chi connectivity index (χ0v) is 10.9. The van der Waals surface area contributed by atoms with Crippen molar-refractivity contribution in [2.75, 3.05) is 0 Å². The Hall–Kier alpha value is -1.66. The summed E-state index contributed by atoms with van der Waals surface area (Å²) in [6, 6.07) is 7.86. The minimum absolute atomic E-state index is 0.146. The van der Waals surface area contributed by atoms with Gasteiger partial charge in [0.25, 0.3) is 0 Å². The van der Waals surface area contributed by atoms with Crippen LogP contribution in [0.15, 0.2) is 41.6 Å². The van der Waals surface area contributed by atoms with Gasteiger partial charge < -0.3 is 0 Å². The molecular formula is C12H15N3O2S. The Morgan fingerprint density at radius 3 is 2.44 bits per heavy atom. The first-order chi connectivity index (χ1) is 8.62. The number of nitrogens with one attached hydrogen (secondary N) is 2. The molecule has 6 heteroatoms. The summed E-state index contributed by atoms with van der Waals surface area (Å²) >= 11 is 0. The zero-order valence-electron chi connectivity index (χ0n) is 10.1. The molecule has 2 rings (SSSR count). The second kappa shape index (κ2) is 5.32. The predicted molar refractivity (Wildman–Crippen MR) is 68.4 cm³/mol. The summed E-state index contributed by atoms with van der Waals surface area (Å²) in [4.78, 5) is 0.146. The van der Waals surface area contributed by atoms with Crippen LogP contribution in [0.25, 0.3) is 0 Å². The Morgan fingerprint density at radius 1 is 1.22 bits per heavy atom. The molecule has 0 unspecified atom stereocenters. The lowest BCUT2D eigenvalue weighted by Gasteiger charge is -2.05. The van der Waals surface area contributed by atoms with Crippen LogP contribution in [0.4, 0.5) is 0 Å². The first-order valence-electron chi connectivity index (χ1n) is 5.68. The maximum atomic E-state index is 11.8. The van der Waals surface area contributed by atoms with Crippen LogP contribution < -0.4 is 4.72 Å². The third kappa shape index (κ3) is 2.96. The molecule has 0 saturated heterocycles. The fourth-order valence-corrected chi connectivity index (χ4v) is 2.46. The average Bonchev–Trinajstić information content (AvgIpc) is 2.92. The second-order valence-corrected chi connectivity index (χ2v) is 5.70. The minimum Gasteiger partial charge on any atom is -0.284 e. The van der Waals surface area contributed by atoms with Gasteiger partial charge in [-0.1, -0.05) is 31.2 Å². The van der Waals surface area contributed by atoms with Crippen molar-refractivity contribution < 1.29 is 8.42 Å². The van der Waals surface area contributed by atoms with E-state index in [4.69, 9.17) is 0 Å². The molecule has 18 heavy (non-hydrogen) atoms. The number of sulfonamides is 1. The van der Waals surface area contributed by atoms with Crippen molar-refractivity contribution in [2.45, 2.75) is 24.8 Å². The Labute approximate surface area is 106 Å². The minimum atomic E-state index is -3.47. The third-order valence-electron chi connectivity index (χ3n) is 2.68. The molecule has 0 fully saturated rings. The second-order valence-electron chi connectivity index (χ2n) is 3.93. The molecule has 0 atom stereocenters. The maximum absolute atomic E-state index is 11.8. The fraction of sp³-hybridized carbons (Fsp3) is 0.250. The van der Waals surface area contributed by atoms with Gasteiger partial charge in [0.05, 0.1) is 6.20 Å². The van der Waals surface area contributed by atoms with Crippen LogP contribution in [0.1, 0.15) is 18.1 Å². The molecule has 2 aromatic rings. The number of aromatic nitrogens is 2. The molecule has 0 bridgehead atoms. The lowest BCUT2D eigenvalue weighted by molar-refractivity contribution is 0.581. The monoisotopic (exact) mass is 265 g/mol. The summed E-state index contributed by atoms with van der Waals surface area (Å²) < 4.78 is 26.2. The van der Waals surface area contributed by atoms with Crippen LogP contribution in [0.5, 0.6) is 0 Å². The zero-order chi connectivity index (χ0) is 13.0. The summed E-state index contributed by atoms with van der Waals surface area (Å²) in [6.45, 7) is 2.36.